The van der Waals surface area contributed by atoms with Crippen molar-refractivity contribution >= 4 is 0 Å². The molecule has 0 saturated carbocycles. The van der Waals surface area contributed by atoms with E-state index in [0.717, 1.165) is 48.2 Å². The molecule has 0 atom stereocenters. The number of halogens is 1. The first kappa shape index (κ1) is 20.1. The van der Waals surface area contributed by atoms with Gasteiger partial charge in [0.15, 0.2) is 0 Å². The first-order valence-electron chi connectivity index (χ1n) is 9.82. The zero-order chi connectivity index (χ0) is 19.8. The molecule has 0 aliphatic heterocycles. The highest BCUT2D eigenvalue weighted by molar-refractivity contribution is 5.70. The Morgan fingerprint density at radius 1 is 0.786 bits per heavy atom. The van der Waals surface area contributed by atoms with Gasteiger partial charge in [-0.25, -0.2) is 4.39 Å². The normalized spacial score (nSPS) is 11.0. The maximum absolute atomic E-state index is 13.0. The van der Waals surface area contributed by atoms with Crippen molar-refractivity contribution in [1.29, 1.82) is 0 Å². The predicted octanol–water partition coefficient (Wildman–Crippen LogP) is 5.61. The summed E-state index contributed by atoms with van der Waals surface area (Å²) in [5.74, 6) is 0.746. The standard InChI is InChI=1S/C25H28FNO/c1-27(2)18-5-19-28-25-7-4-3-6-24(25)22-14-10-20(11-15-22)8-9-21-12-16-23(26)17-13-21/h3-4,6-7,10-17H,5,8-9,18-19H2,1-2H3. The summed E-state index contributed by atoms with van der Waals surface area (Å²) < 4.78 is 19.0. The lowest BCUT2D eigenvalue weighted by Crippen LogP contribution is -2.15. The van der Waals surface area contributed by atoms with Crippen molar-refractivity contribution in [2.45, 2.75) is 19.3 Å². The quantitative estimate of drug-likeness (QED) is 0.450. The number of rotatable bonds is 9. The maximum atomic E-state index is 13.0. The fraction of sp³-hybridized carbons (Fsp3) is 0.280. The van der Waals surface area contributed by atoms with E-state index in [4.69, 9.17) is 4.74 Å². The van der Waals surface area contributed by atoms with E-state index in [1.165, 1.54) is 17.7 Å². The Hall–Kier alpha value is -2.65. The summed E-state index contributed by atoms with van der Waals surface area (Å²) in [6.45, 7) is 1.73. The largest absolute Gasteiger partial charge is 0.493 e. The molecule has 3 aromatic rings. The highest BCUT2D eigenvalue weighted by atomic mass is 19.1. The average molecular weight is 378 g/mol. The van der Waals surface area contributed by atoms with Gasteiger partial charge in [-0.1, -0.05) is 54.6 Å². The van der Waals surface area contributed by atoms with Crippen molar-refractivity contribution in [2.75, 3.05) is 27.2 Å². The number of para-hydroxylation sites is 1. The number of aryl methyl sites for hydroxylation is 2. The molecule has 0 fully saturated rings. The third-order valence-electron chi connectivity index (χ3n) is 4.77. The summed E-state index contributed by atoms with van der Waals surface area (Å²) in [7, 11) is 4.15. The van der Waals surface area contributed by atoms with Crippen LogP contribution in [0.2, 0.25) is 0 Å². The molecule has 0 radical (unpaired) electrons. The lowest BCUT2D eigenvalue weighted by molar-refractivity contribution is 0.282. The van der Waals surface area contributed by atoms with E-state index in [0.29, 0.717) is 6.61 Å². The van der Waals surface area contributed by atoms with Gasteiger partial charge < -0.3 is 9.64 Å². The van der Waals surface area contributed by atoms with E-state index in [-0.39, 0.29) is 5.82 Å². The molecule has 0 aliphatic rings. The number of hydrogen-bond donors (Lipinski definition) is 0. The summed E-state index contributed by atoms with van der Waals surface area (Å²) >= 11 is 0. The second kappa shape index (κ2) is 10.0. The van der Waals surface area contributed by atoms with Crippen LogP contribution in [0.15, 0.2) is 72.8 Å². The highest BCUT2D eigenvalue weighted by Gasteiger charge is 2.06. The molecule has 0 aliphatic carbocycles. The third-order valence-corrected chi connectivity index (χ3v) is 4.77. The monoisotopic (exact) mass is 377 g/mol. The van der Waals surface area contributed by atoms with Crippen LogP contribution in [0.4, 0.5) is 4.39 Å². The molecule has 0 bridgehead atoms. The van der Waals surface area contributed by atoms with Crippen molar-refractivity contribution in [2.24, 2.45) is 0 Å². The van der Waals surface area contributed by atoms with Gasteiger partial charge in [-0.15, -0.1) is 0 Å². The minimum atomic E-state index is -0.185. The van der Waals surface area contributed by atoms with Crippen LogP contribution in [-0.2, 0) is 12.8 Å². The predicted molar refractivity (Wildman–Crippen MR) is 114 cm³/mol. The van der Waals surface area contributed by atoms with Gasteiger partial charge in [0.1, 0.15) is 11.6 Å². The summed E-state index contributed by atoms with van der Waals surface area (Å²) in [5, 5.41) is 0. The Labute approximate surface area is 167 Å². The Kier molecular flexibility index (Phi) is 7.21. The number of hydrogen-bond acceptors (Lipinski definition) is 2. The fourth-order valence-electron chi connectivity index (χ4n) is 3.18. The van der Waals surface area contributed by atoms with Crippen molar-refractivity contribution in [1.82, 2.24) is 4.90 Å². The van der Waals surface area contributed by atoms with Crippen molar-refractivity contribution in [3.8, 4) is 16.9 Å². The van der Waals surface area contributed by atoms with Crippen LogP contribution >= 0.6 is 0 Å². The lowest BCUT2D eigenvalue weighted by atomic mass is 10.00. The van der Waals surface area contributed by atoms with Gasteiger partial charge in [-0.05, 0) is 68.2 Å². The van der Waals surface area contributed by atoms with Crippen LogP contribution < -0.4 is 4.74 Å². The summed E-state index contributed by atoms with van der Waals surface area (Å²) in [6.07, 6.45) is 2.85. The molecule has 0 unspecified atom stereocenters. The molecule has 146 valence electrons. The molecule has 0 aromatic heterocycles. The summed E-state index contributed by atoms with van der Waals surface area (Å²) in [6, 6.07) is 23.6. The fourth-order valence-corrected chi connectivity index (χ4v) is 3.18. The molecule has 3 aromatic carbocycles. The van der Waals surface area contributed by atoms with Gasteiger partial charge in [0.25, 0.3) is 0 Å². The van der Waals surface area contributed by atoms with E-state index in [1.807, 2.05) is 30.3 Å². The average Bonchev–Trinajstić information content (AvgIpc) is 2.71. The molecule has 28 heavy (non-hydrogen) atoms. The second-order valence-corrected chi connectivity index (χ2v) is 7.32. The zero-order valence-corrected chi connectivity index (χ0v) is 16.7. The lowest BCUT2D eigenvalue weighted by Gasteiger charge is -2.14. The van der Waals surface area contributed by atoms with Crippen LogP contribution in [0.5, 0.6) is 5.75 Å². The molecule has 3 rings (SSSR count). The van der Waals surface area contributed by atoms with E-state index >= 15 is 0 Å². The van der Waals surface area contributed by atoms with Gasteiger partial charge in [0.2, 0.25) is 0 Å². The van der Waals surface area contributed by atoms with Gasteiger partial charge in [-0.3, -0.25) is 0 Å². The highest BCUT2D eigenvalue weighted by Crippen LogP contribution is 2.30. The molecule has 0 saturated heterocycles. The number of ether oxygens (including phenoxy) is 1. The van der Waals surface area contributed by atoms with E-state index in [9.17, 15) is 4.39 Å². The number of benzene rings is 3. The van der Waals surface area contributed by atoms with Gasteiger partial charge >= 0.3 is 0 Å². The minimum absolute atomic E-state index is 0.185. The topological polar surface area (TPSA) is 12.5 Å². The molecule has 0 amide bonds. The van der Waals surface area contributed by atoms with Crippen LogP contribution in [0.25, 0.3) is 11.1 Å². The van der Waals surface area contributed by atoms with Crippen LogP contribution in [0, 0.1) is 5.82 Å². The van der Waals surface area contributed by atoms with Crippen LogP contribution in [0.1, 0.15) is 17.5 Å². The molecular formula is C25H28FNO. The van der Waals surface area contributed by atoms with Crippen molar-refractivity contribution < 1.29 is 9.13 Å². The van der Waals surface area contributed by atoms with E-state index < -0.39 is 0 Å². The SMILES string of the molecule is CN(C)CCCOc1ccccc1-c1ccc(CCc2ccc(F)cc2)cc1. The smallest absolute Gasteiger partial charge is 0.127 e. The first-order valence-corrected chi connectivity index (χ1v) is 9.82. The number of nitrogens with zero attached hydrogens (tertiary/aromatic N) is 1. The molecule has 0 spiro atoms. The molecular weight excluding hydrogens is 349 g/mol. The minimum Gasteiger partial charge on any atom is -0.493 e. The van der Waals surface area contributed by atoms with Crippen molar-refractivity contribution in [3.05, 3.63) is 89.7 Å². The van der Waals surface area contributed by atoms with Gasteiger partial charge in [0.05, 0.1) is 6.61 Å². The molecule has 3 heteroatoms. The Bertz CT molecular complexity index is 856. The second-order valence-electron chi connectivity index (χ2n) is 7.32. The molecule has 2 nitrogen and oxygen atoms in total. The molecule has 0 heterocycles. The summed E-state index contributed by atoms with van der Waals surface area (Å²) in [4.78, 5) is 2.17. The van der Waals surface area contributed by atoms with E-state index in [1.54, 1.807) is 0 Å². The Morgan fingerprint density at radius 3 is 2.04 bits per heavy atom. The zero-order valence-electron chi connectivity index (χ0n) is 16.7. The van der Waals surface area contributed by atoms with Gasteiger partial charge in [-0.2, -0.15) is 0 Å². The maximum Gasteiger partial charge on any atom is 0.127 e. The third kappa shape index (κ3) is 5.93. The molecule has 0 N–H and O–H groups in total. The van der Waals surface area contributed by atoms with E-state index in [2.05, 4.69) is 49.3 Å². The van der Waals surface area contributed by atoms with Crippen LogP contribution in [-0.4, -0.2) is 32.1 Å². The first-order chi connectivity index (χ1) is 13.6. The van der Waals surface area contributed by atoms with Gasteiger partial charge in [0, 0.05) is 12.1 Å². The van der Waals surface area contributed by atoms with Crippen molar-refractivity contribution in [3.63, 3.8) is 0 Å². The summed E-state index contributed by atoms with van der Waals surface area (Å²) in [5.41, 5.74) is 4.71. The Morgan fingerprint density at radius 2 is 1.39 bits per heavy atom. The Balaban J connectivity index is 1.62. The van der Waals surface area contributed by atoms with Crippen LogP contribution in [0.3, 0.4) is 0 Å².